The molecule has 2 atom stereocenters. The lowest BCUT2D eigenvalue weighted by Gasteiger charge is -2.13. The third kappa shape index (κ3) is 2.73. The number of rotatable bonds is 5. The Balaban J connectivity index is 1.64. The Morgan fingerprint density at radius 2 is 2.25 bits per heavy atom. The maximum absolute atomic E-state index is 11.4. The minimum Gasteiger partial charge on any atom is -0.481 e. The van der Waals surface area contributed by atoms with Gasteiger partial charge in [0.15, 0.2) is 5.89 Å². The van der Waals surface area contributed by atoms with Crippen molar-refractivity contribution in [2.45, 2.75) is 39.2 Å². The van der Waals surface area contributed by atoms with Gasteiger partial charge >= 0.3 is 5.97 Å². The van der Waals surface area contributed by atoms with Crippen LogP contribution in [0.4, 0.5) is 0 Å². The molecule has 1 aliphatic heterocycles. The molecule has 1 N–H and O–H groups in total. The molecule has 5 heteroatoms. The van der Waals surface area contributed by atoms with E-state index in [0.29, 0.717) is 24.9 Å². The number of oxazole rings is 1. The number of hydrogen-bond donors (Lipinski definition) is 1. The van der Waals surface area contributed by atoms with Crippen LogP contribution in [0.15, 0.2) is 10.7 Å². The van der Waals surface area contributed by atoms with Gasteiger partial charge in [-0.2, -0.15) is 0 Å². The zero-order valence-corrected chi connectivity index (χ0v) is 12.1. The van der Waals surface area contributed by atoms with Gasteiger partial charge in [0, 0.05) is 25.6 Å². The lowest BCUT2D eigenvalue weighted by molar-refractivity contribution is -0.142. The quantitative estimate of drug-likeness (QED) is 0.895. The molecular weight excluding hydrogens is 256 g/mol. The van der Waals surface area contributed by atoms with E-state index < -0.39 is 5.97 Å². The van der Waals surface area contributed by atoms with Crippen LogP contribution in [-0.2, 0) is 11.3 Å². The Hall–Kier alpha value is -1.36. The summed E-state index contributed by atoms with van der Waals surface area (Å²) in [5.74, 6) is 1.14. The Morgan fingerprint density at radius 1 is 1.50 bits per heavy atom. The van der Waals surface area contributed by atoms with Gasteiger partial charge in [0.25, 0.3) is 0 Å². The molecule has 1 aliphatic carbocycles. The molecular formula is C15H22N2O3. The molecule has 2 aliphatic rings. The van der Waals surface area contributed by atoms with Crippen molar-refractivity contribution in [3.05, 3.63) is 17.8 Å². The van der Waals surface area contributed by atoms with Crippen LogP contribution in [0.2, 0.25) is 0 Å². The van der Waals surface area contributed by atoms with E-state index in [1.54, 1.807) is 6.26 Å². The van der Waals surface area contributed by atoms with E-state index in [9.17, 15) is 9.90 Å². The fourth-order valence-electron chi connectivity index (χ4n) is 3.20. The molecule has 0 aromatic carbocycles. The first kappa shape index (κ1) is 13.6. The molecule has 20 heavy (non-hydrogen) atoms. The second-order valence-electron chi connectivity index (χ2n) is 6.47. The molecule has 2 fully saturated rings. The Kier molecular flexibility index (Phi) is 3.54. The van der Waals surface area contributed by atoms with E-state index in [-0.39, 0.29) is 11.8 Å². The van der Waals surface area contributed by atoms with Gasteiger partial charge < -0.3 is 9.52 Å². The minimum atomic E-state index is -0.646. The molecule has 3 rings (SSSR count). The summed E-state index contributed by atoms with van der Waals surface area (Å²) < 4.78 is 5.44. The molecule has 0 unspecified atom stereocenters. The van der Waals surface area contributed by atoms with Crippen LogP contribution in [0.3, 0.4) is 0 Å². The molecule has 0 amide bonds. The highest BCUT2D eigenvalue weighted by molar-refractivity contribution is 5.71. The summed E-state index contributed by atoms with van der Waals surface area (Å²) in [6.07, 6.45) is 4.10. The van der Waals surface area contributed by atoms with Crippen LogP contribution < -0.4 is 0 Å². The highest BCUT2D eigenvalue weighted by atomic mass is 16.4. The van der Waals surface area contributed by atoms with Crippen molar-refractivity contribution in [1.82, 2.24) is 9.88 Å². The maximum Gasteiger partial charge on any atom is 0.308 e. The summed E-state index contributed by atoms with van der Waals surface area (Å²) in [5, 5.41) is 9.36. The van der Waals surface area contributed by atoms with Crippen LogP contribution in [0.25, 0.3) is 0 Å². The average Bonchev–Trinajstić information content (AvgIpc) is 2.97. The highest BCUT2D eigenvalue weighted by Crippen LogP contribution is 2.44. The molecule has 0 spiro atoms. The summed E-state index contributed by atoms with van der Waals surface area (Å²) >= 11 is 0. The van der Waals surface area contributed by atoms with Crippen molar-refractivity contribution >= 4 is 5.97 Å². The monoisotopic (exact) mass is 278 g/mol. The topological polar surface area (TPSA) is 66.6 Å². The first-order chi connectivity index (χ1) is 9.54. The molecule has 2 heterocycles. The van der Waals surface area contributed by atoms with E-state index in [1.807, 2.05) is 0 Å². The Bertz CT molecular complexity index is 493. The second-order valence-corrected chi connectivity index (χ2v) is 6.47. The van der Waals surface area contributed by atoms with E-state index in [4.69, 9.17) is 4.42 Å². The van der Waals surface area contributed by atoms with Crippen LogP contribution in [-0.4, -0.2) is 34.0 Å². The zero-order chi connectivity index (χ0) is 14.3. The van der Waals surface area contributed by atoms with Crippen molar-refractivity contribution in [2.75, 3.05) is 13.1 Å². The van der Waals surface area contributed by atoms with Crippen LogP contribution >= 0.6 is 0 Å². The van der Waals surface area contributed by atoms with Gasteiger partial charge in [-0.05, 0) is 24.7 Å². The van der Waals surface area contributed by atoms with Crippen LogP contribution in [0, 0.1) is 17.8 Å². The van der Waals surface area contributed by atoms with Crippen molar-refractivity contribution in [3.8, 4) is 0 Å². The molecule has 1 saturated heterocycles. The number of aliphatic carboxylic acids is 1. The Labute approximate surface area is 119 Å². The van der Waals surface area contributed by atoms with Gasteiger partial charge in [0.05, 0.1) is 11.6 Å². The summed E-state index contributed by atoms with van der Waals surface area (Å²) in [4.78, 5) is 18.1. The van der Waals surface area contributed by atoms with Gasteiger partial charge in [0.2, 0.25) is 0 Å². The average molecular weight is 278 g/mol. The lowest BCUT2D eigenvalue weighted by atomic mass is 9.92. The van der Waals surface area contributed by atoms with Crippen LogP contribution in [0.1, 0.15) is 44.2 Å². The highest BCUT2D eigenvalue weighted by Gasteiger charge is 2.45. The molecule has 1 saturated carbocycles. The van der Waals surface area contributed by atoms with E-state index in [2.05, 4.69) is 23.7 Å². The van der Waals surface area contributed by atoms with Gasteiger partial charge in [-0.1, -0.05) is 13.8 Å². The number of aromatic nitrogens is 1. The molecule has 0 radical (unpaired) electrons. The van der Waals surface area contributed by atoms with Crippen molar-refractivity contribution in [3.63, 3.8) is 0 Å². The van der Waals surface area contributed by atoms with E-state index in [1.165, 1.54) is 12.8 Å². The normalized spacial score (nSPS) is 27.4. The molecule has 1 aromatic heterocycles. The lowest BCUT2D eigenvalue weighted by Crippen LogP contribution is -2.24. The zero-order valence-electron chi connectivity index (χ0n) is 12.1. The fraction of sp³-hybridized carbons (Fsp3) is 0.733. The van der Waals surface area contributed by atoms with Crippen molar-refractivity contribution in [2.24, 2.45) is 17.8 Å². The van der Waals surface area contributed by atoms with Gasteiger partial charge in [-0.25, -0.2) is 4.98 Å². The predicted molar refractivity (Wildman–Crippen MR) is 73.2 cm³/mol. The standard InChI is InChI=1S/C15H22N2O3/c1-9(2)14-16-11(8-20-14)5-17-6-12(10-3-4-10)13(7-17)15(18)19/h8-10,12-13H,3-7H2,1-2H3,(H,18,19)/t12-,13+/m0/s1. The first-order valence-electron chi connectivity index (χ1n) is 7.44. The number of carboxylic acids is 1. The van der Waals surface area contributed by atoms with E-state index >= 15 is 0 Å². The summed E-state index contributed by atoms with van der Waals surface area (Å²) in [7, 11) is 0. The third-order valence-corrected chi connectivity index (χ3v) is 4.43. The minimum absolute atomic E-state index is 0.209. The van der Waals surface area contributed by atoms with Crippen molar-refractivity contribution in [1.29, 1.82) is 0 Å². The number of likely N-dealkylation sites (tertiary alicyclic amines) is 1. The molecule has 5 nitrogen and oxygen atoms in total. The molecule has 0 bridgehead atoms. The SMILES string of the molecule is CC(C)c1nc(CN2C[C@@H](C(=O)O)[C@H](C3CC3)C2)co1. The third-order valence-electron chi connectivity index (χ3n) is 4.43. The maximum atomic E-state index is 11.4. The van der Waals surface area contributed by atoms with Gasteiger partial charge in [0.1, 0.15) is 6.26 Å². The summed E-state index contributed by atoms with van der Waals surface area (Å²) in [6, 6.07) is 0. The number of carbonyl (C=O) groups is 1. The van der Waals surface area contributed by atoms with Gasteiger partial charge in [-0.15, -0.1) is 0 Å². The molecule has 110 valence electrons. The summed E-state index contributed by atoms with van der Waals surface area (Å²) in [6.45, 7) is 6.32. The summed E-state index contributed by atoms with van der Waals surface area (Å²) in [5.41, 5.74) is 0.911. The number of hydrogen-bond acceptors (Lipinski definition) is 4. The smallest absolute Gasteiger partial charge is 0.308 e. The first-order valence-corrected chi connectivity index (χ1v) is 7.44. The number of carboxylic acid groups (broad SMARTS) is 1. The fourth-order valence-corrected chi connectivity index (χ4v) is 3.20. The Morgan fingerprint density at radius 3 is 2.80 bits per heavy atom. The van der Waals surface area contributed by atoms with Crippen LogP contribution in [0.5, 0.6) is 0 Å². The molecule has 1 aromatic rings. The second kappa shape index (κ2) is 5.20. The number of nitrogens with zero attached hydrogens (tertiary/aromatic N) is 2. The van der Waals surface area contributed by atoms with Crippen molar-refractivity contribution < 1.29 is 14.3 Å². The van der Waals surface area contributed by atoms with Gasteiger partial charge in [-0.3, -0.25) is 9.69 Å². The van der Waals surface area contributed by atoms with E-state index in [0.717, 1.165) is 18.1 Å². The largest absolute Gasteiger partial charge is 0.481 e. The predicted octanol–water partition coefficient (Wildman–Crippen LogP) is 2.34.